The molecule has 0 bridgehead atoms. The Morgan fingerprint density at radius 3 is 2.56 bits per heavy atom. The van der Waals surface area contributed by atoms with Crippen molar-refractivity contribution in [1.82, 2.24) is 9.47 Å². The average molecular weight is 245 g/mol. The highest BCUT2D eigenvalue weighted by Crippen LogP contribution is 2.37. The lowest BCUT2D eigenvalue weighted by atomic mass is 10.3. The summed E-state index contributed by atoms with van der Waals surface area (Å²) >= 11 is 0. The van der Waals surface area contributed by atoms with Gasteiger partial charge in [0.05, 0.1) is 5.69 Å². The summed E-state index contributed by atoms with van der Waals surface area (Å²) in [5.74, 6) is -0.0154. The number of aromatic nitrogens is 1. The summed E-state index contributed by atoms with van der Waals surface area (Å²) in [6.45, 7) is 8.38. The van der Waals surface area contributed by atoms with Crippen molar-refractivity contribution in [2.75, 3.05) is 18.8 Å². The smallest absolute Gasteiger partial charge is 0.271 e. The van der Waals surface area contributed by atoms with Crippen molar-refractivity contribution in [1.29, 1.82) is 0 Å². The number of carbonyl (C=O) groups excluding carboxylic acids is 1. The molecular formula is C14H19N3O. The Kier molecular flexibility index (Phi) is 3.55. The molecule has 0 saturated heterocycles. The van der Waals surface area contributed by atoms with E-state index in [1.54, 1.807) is 23.1 Å². The van der Waals surface area contributed by atoms with Crippen LogP contribution in [-0.2, 0) is 0 Å². The minimum Gasteiger partial charge on any atom is -0.397 e. The Balaban J connectivity index is 2.25. The van der Waals surface area contributed by atoms with Gasteiger partial charge in [0.1, 0.15) is 5.69 Å². The number of hydrogen-bond donors (Lipinski definition) is 1. The van der Waals surface area contributed by atoms with Gasteiger partial charge < -0.3 is 15.2 Å². The summed E-state index contributed by atoms with van der Waals surface area (Å²) in [6.07, 6.45) is 7.53. The molecule has 96 valence electrons. The second-order valence-corrected chi connectivity index (χ2v) is 4.58. The molecule has 1 saturated carbocycles. The maximum atomic E-state index is 12.4. The zero-order chi connectivity index (χ0) is 13.1. The molecule has 1 aromatic heterocycles. The number of nitrogens with zero attached hydrogens (tertiary/aromatic N) is 2. The van der Waals surface area contributed by atoms with Gasteiger partial charge in [-0.2, -0.15) is 0 Å². The number of hydrogen-bond acceptors (Lipinski definition) is 2. The third-order valence-electron chi connectivity index (χ3n) is 3.02. The molecule has 1 heterocycles. The van der Waals surface area contributed by atoms with Crippen LogP contribution in [0.1, 0.15) is 29.4 Å². The van der Waals surface area contributed by atoms with E-state index in [-0.39, 0.29) is 5.91 Å². The molecule has 4 heteroatoms. The highest BCUT2D eigenvalue weighted by Gasteiger charge is 2.29. The van der Waals surface area contributed by atoms with Crippen molar-refractivity contribution in [3.05, 3.63) is 43.3 Å². The van der Waals surface area contributed by atoms with E-state index in [2.05, 4.69) is 13.2 Å². The Labute approximate surface area is 107 Å². The fourth-order valence-electron chi connectivity index (χ4n) is 2.04. The number of amides is 1. The van der Waals surface area contributed by atoms with Crippen LogP contribution in [0.4, 0.5) is 5.69 Å². The molecule has 2 N–H and O–H groups in total. The number of carbonyl (C=O) groups is 1. The predicted molar refractivity (Wildman–Crippen MR) is 73.4 cm³/mol. The second-order valence-electron chi connectivity index (χ2n) is 4.58. The van der Waals surface area contributed by atoms with E-state index in [1.807, 2.05) is 10.8 Å². The van der Waals surface area contributed by atoms with Crippen LogP contribution in [0.3, 0.4) is 0 Å². The van der Waals surface area contributed by atoms with Gasteiger partial charge in [0.25, 0.3) is 5.91 Å². The molecule has 0 aromatic carbocycles. The van der Waals surface area contributed by atoms with Crippen molar-refractivity contribution in [2.45, 2.75) is 18.9 Å². The van der Waals surface area contributed by atoms with Gasteiger partial charge >= 0.3 is 0 Å². The molecular weight excluding hydrogens is 226 g/mol. The van der Waals surface area contributed by atoms with Gasteiger partial charge in [-0.25, -0.2) is 0 Å². The van der Waals surface area contributed by atoms with Gasteiger partial charge in [0, 0.05) is 25.3 Å². The summed E-state index contributed by atoms with van der Waals surface area (Å²) in [5.41, 5.74) is 7.11. The van der Waals surface area contributed by atoms with Crippen LogP contribution in [0.25, 0.3) is 0 Å². The molecule has 1 aliphatic rings. The number of nitrogens with two attached hydrogens (primary N) is 1. The first kappa shape index (κ1) is 12.5. The van der Waals surface area contributed by atoms with Crippen LogP contribution in [-0.4, -0.2) is 28.5 Å². The summed E-state index contributed by atoms with van der Waals surface area (Å²) in [4.78, 5) is 14.1. The molecule has 0 aliphatic heterocycles. The van der Waals surface area contributed by atoms with Crippen molar-refractivity contribution in [3.8, 4) is 0 Å². The quantitative estimate of drug-likeness (QED) is 0.781. The van der Waals surface area contributed by atoms with Crippen LogP contribution >= 0.6 is 0 Å². The molecule has 1 amide bonds. The van der Waals surface area contributed by atoms with E-state index >= 15 is 0 Å². The van der Waals surface area contributed by atoms with Crippen LogP contribution in [0.5, 0.6) is 0 Å². The number of anilines is 1. The Hall–Kier alpha value is -1.97. The number of rotatable bonds is 6. The van der Waals surface area contributed by atoms with Gasteiger partial charge in [-0.1, -0.05) is 12.2 Å². The summed E-state index contributed by atoms with van der Waals surface area (Å²) in [7, 11) is 0. The molecule has 4 nitrogen and oxygen atoms in total. The monoisotopic (exact) mass is 245 g/mol. The van der Waals surface area contributed by atoms with Crippen LogP contribution in [0.2, 0.25) is 0 Å². The first-order valence-electron chi connectivity index (χ1n) is 6.15. The maximum absolute atomic E-state index is 12.4. The fourth-order valence-corrected chi connectivity index (χ4v) is 2.04. The molecule has 1 aliphatic carbocycles. The Morgan fingerprint density at radius 1 is 1.44 bits per heavy atom. The summed E-state index contributed by atoms with van der Waals surface area (Å²) in [6, 6.07) is 2.19. The zero-order valence-electron chi connectivity index (χ0n) is 10.5. The standard InChI is InChI=1S/C14H19N3O/c1-3-7-16(8-4-2)14(18)13-9-11(15)10-17(13)12-5-6-12/h3-4,9-10,12H,1-2,5-8,15H2. The van der Waals surface area contributed by atoms with Crippen molar-refractivity contribution in [2.24, 2.45) is 0 Å². The molecule has 0 radical (unpaired) electrons. The van der Waals surface area contributed by atoms with Gasteiger partial charge in [-0.15, -0.1) is 13.2 Å². The third kappa shape index (κ3) is 2.47. The average Bonchev–Trinajstić information content (AvgIpc) is 3.11. The van der Waals surface area contributed by atoms with E-state index in [9.17, 15) is 4.79 Å². The van der Waals surface area contributed by atoms with E-state index in [0.29, 0.717) is 30.5 Å². The largest absolute Gasteiger partial charge is 0.397 e. The maximum Gasteiger partial charge on any atom is 0.271 e. The van der Waals surface area contributed by atoms with Crippen molar-refractivity contribution < 1.29 is 4.79 Å². The van der Waals surface area contributed by atoms with Crippen LogP contribution < -0.4 is 5.73 Å². The fraction of sp³-hybridized carbons (Fsp3) is 0.357. The third-order valence-corrected chi connectivity index (χ3v) is 3.02. The molecule has 0 atom stereocenters. The highest BCUT2D eigenvalue weighted by atomic mass is 16.2. The first-order valence-corrected chi connectivity index (χ1v) is 6.15. The normalized spacial score (nSPS) is 14.2. The minimum atomic E-state index is -0.0154. The topological polar surface area (TPSA) is 51.3 Å². The van der Waals surface area contributed by atoms with Crippen LogP contribution in [0, 0.1) is 0 Å². The van der Waals surface area contributed by atoms with Gasteiger partial charge in [-0.05, 0) is 18.9 Å². The van der Waals surface area contributed by atoms with Gasteiger partial charge in [-0.3, -0.25) is 4.79 Å². The lowest BCUT2D eigenvalue weighted by Gasteiger charge is -2.20. The Bertz CT molecular complexity index is 461. The number of nitrogen functional groups attached to an aromatic ring is 1. The molecule has 18 heavy (non-hydrogen) atoms. The second kappa shape index (κ2) is 5.12. The van der Waals surface area contributed by atoms with Crippen molar-refractivity contribution in [3.63, 3.8) is 0 Å². The zero-order valence-corrected chi connectivity index (χ0v) is 10.5. The van der Waals surface area contributed by atoms with E-state index in [4.69, 9.17) is 5.73 Å². The molecule has 0 unspecified atom stereocenters. The van der Waals surface area contributed by atoms with E-state index in [0.717, 1.165) is 12.8 Å². The highest BCUT2D eigenvalue weighted by molar-refractivity contribution is 5.94. The molecule has 2 rings (SSSR count). The summed E-state index contributed by atoms with van der Waals surface area (Å²) in [5, 5.41) is 0. The summed E-state index contributed by atoms with van der Waals surface area (Å²) < 4.78 is 2.00. The van der Waals surface area contributed by atoms with Gasteiger partial charge in [0.15, 0.2) is 0 Å². The van der Waals surface area contributed by atoms with Crippen LogP contribution in [0.15, 0.2) is 37.6 Å². The van der Waals surface area contributed by atoms with Gasteiger partial charge in [0.2, 0.25) is 0 Å². The van der Waals surface area contributed by atoms with E-state index < -0.39 is 0 Å². The molecule has 1 fully saturated rings. The molecule has 1 aromatic rings. The minimum absolute atomic E-state index is 0.0154. The predicted octanol–water partition coefficient (Wildman–Crippen LogP) is 2.22. The lowest BCUT2D eigenvalue weighted by Crippen LogP contribution is -2.32. The Morgan fingerprint density at radius 2 is 2.06 bits per heavy atom. The molecule has 0 spiro atoms. The van der Waals surface area contributed by atoms with Crippen molar-refractivity contribution >= 4 is 11.6 Å². The van der Waals surface area contributed by atoms with E-state index in [1.165, 1.54) is 0 Å². The lowest BCUT2D eigenvalue weighted by molar-refractivity contribution is 0.0780. The SMILES string of the molecule is C=CCN(CC=C)C(=O)c1cc(N)cn1C1CC1. The first-order chi connectivity index (χ1) is 8.67.